The summed E-state index contributed by atoms with van der Waals surface area (Å²) in [6.07, 6.45) is 5.32. The zero-order valence-electron chi connectivity index (χ0n) is 23.8. The lowest BCUT2D eigenvalue weighted by molar-refractivity contribution is -0.135. The minimum atomic E-state index is -3.99. The third-order valence-corrected chi connectivity index (χ3v) is 8.82. The number of aliphatic carboxylic acids is 1. The number of aromatic nitrogens is 2. The number of carbonyl (C=O) groups is 2. The first kappa shape index (κ1) is 30.1. The molecule has 10 nitrogen and oxygen atoms in total. The number of hydrogen-bond acceptors (Lipinski definition) is 7. The van der Waals surface area contributed by atoms with Gasteiger partial charge in [-0.15, -0.1) is 0 Å². The summed E-state index contributed by atoms with van der Waals surface area (Å²) in [5, 5.41) is 9.42. The Morgan fingerprint density at radius 2 is 1.73 bits per heavy atom. The van der Waals surface area contributed by atoms with Gasteiger partial charge in [-0.05, 0) is 80.8 Å². The van der Waals surface area contributed by atoms with Gasteiger partial charge in [0.1, 0.15) is 22.9 Å². The molecule has 0 aliphatic heterocycles. The highest BCUT2D eigenvalue weighted by Gasteiger charge is 2.42. The molecule has 1 fully saturated rings. The first-order valence-corrected chi connectivity index (χ1v) is 14.9. The Balaban J connectivity index is 1.65. The number of pyridine rings is 2. The highest BCUT2D eigenvalue weighted by atomic mass is 32.2. The topological polar surface area (TPSA) is 130 Å². The van der Waals surface area contributed by atoms with E-state index in [4.69, 9.17) is 4.74 Å². The Morgan fingerprint density at radius 1 is 1.02 bits per heavy atom. The maximum absolute atomic E-state index is 13.7. The van der Waals surface area contributed by atoms with E-state index < -0.39 is 34.2 Å². The van der Waals surface area contributed by atoms with Crippen LogP contribution in [0.25, 0.3) is 0 Å². The molecule has 1 aromatic carbocycles. The maximum atomic E-state index is 13.7. The van der Waals surface area contributed by atoms with Crippen LogP contribution in [0, 0.1) is 0 Å². The molecule has 1 N–H and O–H groups in total. The molecular weight excluding hydrogens is 544 g/mol. The molecule has 3 aromatic rings. The molecule has 41 heavy (non-hydrogen) atoms. The zero-order chi connectivity index (χ0) is 29.8. The number of carboxylic acid groups (broad SMARTS) is 1. The number of sulfonamides is 1. The van der Waals surface area contributed by atoms with Crippen LogP contribution in [0.2, 0.25) is 0 Å². The second-order valence-electron chi connectivity index (χ2n) is 11.2. The summed E-state index contributed by atoms with van der Waals surface area (Å²) in [5.41, 5.74) is 1.78. The minimum absolute atomic E-state index is 0.0384. The quantitative estimate of drug-likeness (QED) is 0.330. The van der Waals surface area contributed by atoms with Crippen molar-refractivity contribution in [3.63, 3.8) is 0 Å². The summed E-state index contributed by atoms with van der Waals surface area (Å²) in [5.74, 6) is -1.21. The normalized spacial score (nSPS) is 14.5. The molecule has 0 bridgehead atoms. The number of ether oxygens (including phenoxy) is 1. The van der Waals surface area contributed by atoms with E-state index in [1.54, 1.807) is 39.0 Å². The molecule has 1 aliphatic carbocycles. The first-order chi connectivity index (χ1) is 19.3. The van der Waals surface area contributed by atoms with Gasteiger partial charge in [0, 0.05) is 18.9 Å². The van der Waals surface area contributed by atoms with Crippen LogP contribution < -0.4 is 4.90 Å². The predicted molar refractivity (Wildman–Crippen MR) is 154 cm³/mol. The summed E-state index contributed by atoms with van der Waals surface area (Å²) in [4.78, 5) is 33.8. The van der Waals surface area contributed by atoms with Crippen molar-refractivity contribution < 1.29 is 27.9 Å². The fourth-order valence-corrected chi connectivity index (χ4v) is 5.98. The molecule has 2 heterocycles. The summed E-state index contributed by atoms with van der Waals surface area (Å²) >= 11 is 0. The van der Waals surface area contributed by atoms with Crippen molar-refractivity contribution >= 4 is 27.9 Å². The highest BCUT2D eigenvalue weighted by Crippen LogP contribution is 2.50. The zero-order valence-corrected chi connectivity index (χ0v) is 24.6. The molecule has 218 valence electrons. The Bertz CT molecular complexity index is 1480. The van der Waals surface area contributed by atoms with E-state index in [0.717, 1.165) is 29.7 Å². The fourth-order valence-electron chi connectivity index (χ4n) is 4.62. The molecule has 4 rings (SSSR count). The second kappa shape index (κ2) is 12.0. The lowest BCUT2D eigenvalue weighted by atomic mass is 9.92. The van der Waals surface area contributed by atoms with E-state index in [2.05, 4.69) is 29.0 Å². The number of rotatable bonds is 11. The molecule has 0 unspecified atom stereocenters. The molecule has 0 atom stereocenters. The standard InChI is InChI=1S/C30H36N4O6S/c1-5-30(15-16-30)23-13-11-22(12-14-23)19-33(41(38,39)25-9-7-17-31-18-25)20-24-8-6-10-26(32-24)34(21-27(35)36)28(37)40-29(2,3)4/h6-14,17-18H,5,15-16,19-21H2,1-4H3,(H,35,36). The number of benzene rings is 1. The van der Waals surface area contributed by atoms with E-state index in [-0.39, 0.29) is 29.2 Å². The van der Waals surface area contributed by atoms with Gasteiger partial charge >= 0.3 is 12.1 Å². The van der Waals surface area contributed by atoms with Crippen LogP contribution in [0.5, 0.6) is 0 Å². The summed E-state index contributed by atoms with van der Waals surface area (Å²) < 4.78 is 34.2. The molecule has 0 saturated heterocycles. The minimum Gasteiger partial charge on any atom is -0.480 e. The Labute approximate surface area is 241 Å². The van der Waals surface area contributed by atoms with Gasteiger partial charge in [0.05, 0.1) is 12.2 Å². The summed E-state index contributed by atoms with van der Waals surface area (Å²) in [7, 11) is -3.99. The number of anilines is 1. The lowest BCUT2D eigenvalue weighted by Crippen LogP contribution is -2.40. The number of carbonyl (C=O) groups excluding carboxylic acids is 1. The van der Waals surface area contributed by atoms with Crippen LogP contribution >= 0.6 is 0 Å². The maximum Gasteiger partial charge on any atom is 0.416 e. The second-order valence-corrected chi connectivity index (χ2v) is 13.2. The van der Waals surface area contributed by atoms with Crippen molar-refractivity contribution in [3.05, 3.63) is 83.8 Å². The van der Waals surface area contributed by atoms with Gasteiger partial charge in [-0.3, -0.25) is 14.7 Å². The van der Waals surface area contributed by atoms with Gasteiger partial charge < -0.3 is 9.84 Å². The number of carboxylic acids is 1. The number of amides is 1. The Kier molecular flexibility index (Phi) is 8.79. The third-order valence-electron chi connectivity index (χ3n) is 7.04. The largest absolute Gasteiger partial charge is 0.480 e. The van der Waals surface area contributed by atoms with E-state index in [0.29, 0.717) is 5.69 Å². The van der Waals surface area contributed by atoms with E-state index in [1.807, 2.05) is 12.1 Å². The average molecular weight is 581 g/mol. The van der Waals surface area contributed by atoms with Crippen molar-refractivity contribution in [2.75, 3.05) is 11.4 Å². The van der Waals surface area contributed by atoms with E-state index in [9.17, 15) is 23.1 Å². The first-order valence-electron chi connectivity index (χ1n) is 13.5. The molecule has 0 spiro atoms. The fraction of sp³-hybridized carbons (Fsp3) is 0.400. The van der Waals surface area contributed by atoms with Crippen molar-refractivity contribution in [1.29, 1.82) is 0 Å². The monoisotopic (exact) mass is 580 g/mol. The molecule has 0 radical (unpaired) electrons. The number of nitrogens with zero attached hydrogens (tertiary/aromatic N) is 4. The SMILES string of the molecule is CCC1(c2ccc(CN(Cc3cccc(N(CC(=O)O)C(=O)OC(C)(C)C)n3)S(=O)(=O)c3cccnc3)cc2)CC1. The third kappa shape index (κ3) is 7.47. The van der Waals surface area contributed by atoms with E-state index in [1.165, 1.54) is 34.4 Å². The van der Waals surface area contributed by atoms with Crippen molar-refractivity contribution in [1.82, 2.24) is 14.3 Å². The Hall–Kier alpha value is -3.83. The van der Waals surface area contributed by atoms with Gasteiger partial charge in [0.25, 0.3) is 0 Å². The van der Waals surface area contributed by atoms with Crippen LogP contribution in [0.1, 0.15) is 63.8 Å². The molecule has 1 amide bonds. The van der Waals surface area contributed by atoms with Crippen LogP contribution in [0.15, 0.2) is 71.9 Å². The molecular formula is C30H36N4O6S. The van der Waals surface area contributed by atoms with Crippen LogP contribution in [-0.2, 0) is 38.1 Å². The van der Waals surface area contributed by atoms with Gasteiger partial charge in [0.15, 0.2) is 0 Å². The Morgan fingerprint density at radius 3 is 2.29 bits per heavy atom. The van der Waals surface area contributed by atoms with Gasteiger partial charge in [-0.2, -0.15) is 4.31 Å². The summed E-state index contributed by atoms with van der Waals surface area (Å²) in [6.45, 7) is 6.49. The summed E-state index contributed by atoms with van der Waals surface area (Å²) in [6, 6.07) is 15.8. The van der Waals surface area contributed by atoms with Crippen molar-refractivity contribution in [3.8, 4) is 0 Å². The van der Waals surface area contributed by atoms with E-state index >= 15 is 0 Å². The van der Waals surface area contributed by atoms with Crippen LogP contribution in [-0.4, -0.2) is 52.0 Å². The van der Waals surface area contributed by atoms with Gasteiger partial charge in [-0.1, -0.05) is 37.3 Å². The highest BCUT2D eigenvalue weighted by molar-refractivity contribution is 7.89. The smallest absolute Gasteiger partial charge is 0.416 e. The predicted octanol–water partition coefficient (Wildman–Crippen LogP) is 5.14. The van der Waals surface area contributed by atoms with Gasteiger partial charge in [0.2, 0.25) is 10.0 Å². The van der Waals surface area contributed by atoms with Crippen molar-refractivity contribution in [2.45, 2.75) is 76.0 Å². The van der Waals surface area contributed by atoms with Crippen LogP contribution in [0.4, 0.5) is 10.6 Å². The number of hydrogen-bond donors (Lipinski definition) is 1. The molecule has 1 saturated carbocycles. The lowest BCUT2D eigenvalue weighted by Gasteiger charge is -2.26. The average Bonchev–Trinajstić information content (AvgIpc) is 3.73. The molecule has 1 aliphatic rings. The van der Waals surface area contributed by atoms with Crippen LogP contribution in [0.3, 0.4) is 0 Å². The van der Waals surface area contributed by atoms with Gasteiger partial charge in [-0.25, -0.2) is 18.2 Å². The molecule has 11 heteroatoms. The molecule has 2 aromatic heterocycles. The van der Waals surface area contributed by atoms with Crippen molar-refractivity contribution in [2.24, 2.45) is 0 Å².